The lowest BCUT2D eigenvalue weighted by Gasteiger charge is -2.13. The van der Waals surface area contributed by atoms with Gasteiger partial charge in [-0.1, -0.05) is 18.2 Å². The Labute approximate surface area is 132 Å². The van der Waals surface area contributed by atoms with Crippen LogP contribution in [0.25, 0.3) is 0 Å². The van der Waals surface area contributed by atoms with Crippen molar-refractivity contribution in [2.24, 2.45) is 0 Å². The lowest BCUT2D eigenvalue weighted by atomic mass is 10.2. The molecule has 0 saturated heterocycles. The number of nitrogens with one attached hydrogen (secondary N) is 2. The summed E-state index contributed by atoms with van der Waals surface area (Å²) in [4.78, 5) is 11.5. The molecule has 0 unspecified atom stereocenters. The standard InChI is InChI=1S/C13H17F3N2O3.ClH/c1-20-7-6-17-9-12(19)18-8-10-4-2-3-5-11(10)21-13(14,15)16;/h2-5,17H,6-9H2,1H3,(H,18,19);1H. The molecule has 0 radical (unpaired) electrons. The minimum Gasteiger partial charge on any atom is -0.405 e. The lowest BCUT2D eigenvalue weighted by molar-refractivity contribution is -0.274. The molecule has 0 aliphatic heterocycles. The lowest BCUT2D eigenvalue weighted by Crippen LogP contribution is -2.35. The molecule has 1 rings (SSSR count). The molecule has 0 aliphatic rings. The Morgan fingerprint density at radius 2 is 1.95 bits per heavy atom. The fraction of sp³-hybridized carbons (Fsp3) is 0.462. The van der Waals surface area contributed by atoms with Crippen LogP contribution in [-0.2, 0) is 16.1 Å². The number of methoxy groups -OCH3 is 1. The van der Waals surface area contributed by atoms with E-state index in [2.05, 4.69) is 15.4 Å². The van der Waals surface area contributed by atoms with Crippen LogP contribution in [0.15, 0.2) is 24.3 Å². The molecule has 0 saturated carbocycles. The van der Waals surface area contributed by atoms with Gasteiger partial charge in [0, 0.05) is 25.8 Å². The van der Waals surface area contributed by atoms with Crippen LogP contribution in [0.5, 0.6) is 5.75 Å². The van der Waals surface area contributed by atoms with Crippen molar-refractivity contribution >= 4 is 18.3 Å². The van der Waals surface area contributed by atoms with E-state index >= 15 is 0 Å². The monoisotopic (exact) mass is 342 g/mol. The molecule has 1 aromatic rings. The van der Waals surface area contributed by atoms with Gasteiger partial charge in [-0.25, -0.2) is 0 Å². The van der Waals surface area contributed by atoms with Crippen molar-refractivity contribution < 1.29 is 27.4 Å². The van der Waals surface area contributed by atoms with Gasteiger partial charge in [0.05, 0.1) is 13.2 Å². The van der Waals surface area contributed by atoms with Crippen LogP contribution in [-0.4, -0.2) is 39.1 Å². The van der Waals surface area contributed by atoms with Crippen molar-refractivity contribution in [3.05, 3.63) is 29.8 Å². The maximum absolute atomic E-state index is 12.2. The van der Waals surface area contributed by atoms with Gasteiger partial charge in [0.15, 0.2) is 0 Å². The van der Waals surface area contributed by atoms with Crippen molar-refractivity contribution in [2.75, 3.05) is 26.8 Å². The molecule has 0 atom stereocenters. The molecule has 9 heteroatoms. The molecular weight excluding hydrogens is 325 g/mol. The molecule has 0 bridgehead atoms. The number of para-hydroxylation sites is 1. The third-order valence-electron chi connectivity index (χ3n) is 2.44. The van der Waals surface area contributed by atoms with Gasteiger partial charge in [-0.05, 0) is 6.07 Å². The predicted molar refractivity (Wildman–Crippen MR) is 77.0 cm³/mol. The number of hydrogen-bond donors (Lipinski definition) is 2. The Balaban J connectivity index is 0.00000441. The van der Waals surface area contributed by atoms with Gasteiger partial charge < -0.3 is 20.1 Å². The SMILES string of the molecule is COCCNCC(=O)NCc1ccccc1OC(F)(F)F.Cl. The molecule has 0 aromatic heterocycles. The third kappa shape index (κ3) is 8.71. The molecule has 0 aliphatic carbocycles. The molecule has 2 N–H and O–H groups in total. The molecule has 1 aromatic carbocycles. The van der Waals surface area contributed by atoms with E-state index in [-0.39, 0.29) is 42.7 Å². The summed E-state index contributed by atoms with van der Waals surface area (Å²) in [7, 11) is 1.54. The minimum absolute atomic E-state index is 0. The smallest absolute Gasteiger partial charge is 0.405 e. The zero-order valence-corrected chi connectivity index (χ0v) is 12.7. The molecule has 126 valence electrons. The highest BCUT2D eigenvalue weighted by Gasteiger charge is 2.31. The van der Waals surface area contributed by atoms with Crippen LogP contribution in [0.4, 0.5) is 13.2 Å². The Hall–Kier alpha value is -1.51. The summed E-state index contributed by atoms with van der Waals surface area (Å²) in [5.74, 6) is -0.648. The second-order valence-corrected chi connectivity index (χ2v) is 4.10. The van der Waals surface area contributed by atoms with E-state index in [9.17, 15) is 18.0 Å². The van der Waals surface area contributed by atoms with E-state index in [1.807, 2.05) is 0 Å². The van der Waals surface area contributed by atoms with Crippen molar-refractivity contribution in [3.8, 4) is 5.75 Å². The second-order valence-electron chi connectivity index (χ2n) is 4.10. The topological polar surface area (TPSA) is 59.6 Å². The van der Waals surface area contributed by atoms with Crippen LogP contribution in [0, 0.1) is 0 Å². The van der Waals surface area contributed by atoms with Crippen LogP contribution in [0.3, 0.4) is 0 Å². The first-order valence-corrected chi connectivity index (χ1v) is 6.22. The average Bonchev–Trinajstić information content (AvgIpc) is 2.41. The van der Waals surface area contributed by atoms with E-state index in [1.165, 1.54) is 18.2 Å². The highest BCUT2D eigenvalue weighted by Crippen LogP contribution is 2.25. The summed E-state index contributed by atoms with van der Waals surface area (Å²) in [5.41, 5.74) is 0.250. The zero-order valence-electron chi connectivity index (χ0n) is 11.9. The predicted octanol–water partition coefficient (Wildman–Crippen LogP) is 1.86. The normalized spacial score (nSPS) is 10.7. The van der Waals surface area contributed by atoms with E-state index in [1.54, 1.807) is 13.2 Å². The molecule has 1 amide bonds. The largest absolute Gasteiger partial charge is 0.573 e. The van der Waals surface area contributed by atoms with Crippen LogP contribution in [0.1, 0.15) is 5.56 Å². The summed E-state index contributed by atoms with van der Waals surface area (Å²) in [5, 5.41) is 5.34. The number of halogens is 4. The summed E-state index contributed by atoms with van der Waals surface area (Å²) >= 11 is 0. The van der Waals surface area contributed by atoms with Gasteiger partial charge in [-0.15, -0.1) is 25.6 Å². The number of carbonyl (C=O) groups excluding carboxylic acids is 1. The van der Waals surface area contributed by atoms with E-state index in [0.29, 0.717) is 13.2 Å². The molecule has 22 heavy (non-hydrogen) atoms. The fourth-order valence-corrected chi connectivity index (χ4v) is 1.51. The van der Waals surface area contributed by atoms with Gasteiger partial charge in [-0.3, -0.25) is 4.79 Å². The first-order chi connectivity index (χ1) is 9.92. The minimum atomic E-state index is -4.76. The molecule has 0 spiro atoms. The molecule has 5 nitrogen and oxygen atoms in total. The summed E-state index contributed by atoms with van der Waals surface area (Å²) in [6.07, 6.45) is -4.76. The maximum atomic E-state index is 12.2. The second kappa shape index (κ2) is 10.3. The van der Waals surface area contributed by atoms with Gasteiger partial charge in [0.25, 0.3) is 0 Å². The maximum Gasteiger partial charge on any atom is 0.573 e. The highest BCUT2D eigenvalue weighted by molar-refractivity contribution is 5.85. The van der Waals surface area contributed by atoms with Crippen LogP contribution in [0.2, 0.25) is 0 Å². The van der Waals surface area contributed by atoms with Crippen LogP contribution >= 0.6 is 12.4 Å². The van der Waals surface area contributed by atoms with E-state index in [4.69, 9.17) is 4.74 Å². The Morgan fingerprint density at radius 1 is 1.27 bits per heavy atom. The number of carbonyl (C=O) groups is 1. The Kier molecular flexibility index (Phi) is 9.55. The van der Waals surface area contributed by atoms with Crippen LogP contribution < -0.4 is 15.4 Å². The van der Waals surface area contributed by atoms with Crippen molar-refractivity contribution in [1.82, 2.24) is 10.6 Å². The quantitative estimate of drug-likeness (QED) is 0.708. The molecular formula is C13H18ClF3N2O3. The van der Waals surface area contributed by atoms with E-state index in [0.717, 1.165) is 0 Å². The summed E-state index contributed by atoms with van der Waals surface area (Å²) < 4.78 is 45.4. The summed E-state index contributed by atoms with van der Waals surface area (Å²) in [6, 6.07) is 5.66. The average molecular weight is 343 g/mol. The van der Waals surface area contributed by atoms with Crippen molar-refractivity contribution in [2.45, 2.75) is 12.9 Å². The number of alkyl halides is 3. The van der Waals surface area contributed by atoms with Gasteiger partial charge in [0.2, 0.25) is 5.91 Å². The Bertz CT molecular complexity index is 458. The molecule has 0 heterocycles. The fourth-order valence-electron chi connectivity index (χ4n) is 1.51. The Morgan fingerprint density at radius 3 is 2.59 bits per heavy atom. The third-order valence-corrected chi connectivity index (χ3v) is 2.44. The summed E-state index contributed by atoms with van der Waals surface area (Å²) in [6.45, 7) is 0.996. The molecule has 0 fully saturated rings. The van der Waals surface area contributed by atoms with Crippen molar-refractivity contribution in [3.63, 3.8) is 0 Å². The number of benzene rings is 1. The number of rotatable bonds is 8. The van der Waals surface area contributed by atoms with Gasteiger partial charge >= 0.3 is 6.36 Å². The number of amides is 1. The zero-order chi connectivity index (χ0) is 15.7. The van der Waals surface area contributed by atoms with Crippen molar-refractivity contribution in [1.29, 1.82) is 0 Å². The first-order valence-electron chi connectivity index (χ1n) is 6.22. The number of ether oxygens (including phenoxy) is 2. The highest BCUT2D eigenvalue weighted by atomic mass is 35.5. The van der Waals surface area contributed by atoms with Gasteiger partial charge in [0.1, 0.15) is 5.75 Å². The number of hydrogen-bond acceptors (Lipinski definition) is 4. The van der Waals surface area contributed by atoms with E-state index < -0.39 is 6.36 Å². The van der Waals surface area contributed by atoms with Gasteiger partial charge in [-0.2, -0.15) is 0 Å². The first kappa shape index (κ1) is 20.5.